The number of nitrogens with one attached hydrogen (secondary N) is 2. The molecular formula is C18H19N3O5S. The molecule has 2 N–H and O–H groups in total. The summed E-state index contributed by atoms with van der Waals surface area (Å²) < 4.78 is 10.2. The standard InChI is InChI=1S/C18H19N3O5S/c1-5-25-18(24)14-9(2)13(10(3)20-14)17(23)26-11(4)15(22)21-16-12(8-19)6-7-27-16/h6-7,11,20H,5H2,1-4H3,(H,21,22)/t11-/m0/s1. The van der Waals surface area contributed by atoms with E-state index in [1.54, 1.807) is 32.2 Å². The van der Waals surface area contributed by atoms with Gasteiger partial charge in [-0.15, -0.1) is 11.3 Å². The lowest BCUT2D eigenvalue weighted by atomic mass is 10.1. The summed E-state index contributed by atoms with van der Waals surface area (Å²) in [6.45, 7) is 6.55. The highest BCUT2D eigenvalue weighted by molar-refractivity contribution is 7.14. The van der Waals surface area contributed by atoms with Gasteiger partial charge in [-0.1, -0.05) is 0 Å². The van der Waals surface area contributed by atoms with Gasteiger partial charge in [-0.25, -0.2) is 9.59 Å². The van der Waals surface area contributed by atoms with E-state index in [1.807, 2.05) is 6.07 Å². The minimum absolute atomic E-state index is 0.177. The van der Waals surface area contributed by atoms with Gasteiger partial charge in [0.15, 0.2) is 6.10 Å². The van der Waals surface area contributed by atoms with Crippen LogP contribution in [0.25, 0.3) is 0 Å². The molecule has 0 aliphatic rings. The molecule has 0 bridgehead atoms. The van der Waals surface area contributed by atoms with Crippen molar-refractivity contribution in [3.8, 4) is 6.07 Å². The predicted molar refractivity (Wildman–Crippen MR) is 98.8 cm³/mol. The minimum atomic E-state index is -1.09. The van der Waals surface area contributed by atoms with Crippen molar-refractivity contribution in [1.82, 2.24) is 4.98 Å². The van der Waals surface area contributed by atoms with Crippen LogP contribution in [0.15, 0.2) is 11.4 Å². The van der Waals surface area contributed by atoms with Gasteiger partial charge in [-0.2, -0.15) is 5.26 Å². The quantitative estimate of drug-likeness (QED) is 0.733. The van der Waals surface area contributed by atoms with E-state index in [4.69, 9.17) is 14.7 Å². The number of hydrogen-bond donors (Lipinski definition) is 2. The van der Waals surface area contributed by atoms with E-state index in [-0.39, 0.29) is 17.9 Å². The van der Waals surface area contributed by atoms with Crippen molar-refractivity contribution in [3.05, 3.63) is 39.5 Å². The van der Waals surface area contributed by atoms with E-state index in [2.05, 4.69) is 10.3 Å². The highest BCUT2D eigenvalue weighted by atomic mass is 32.1. The molecule has 9 heteroatoms. The number of H-pyrrole nitrogens is 1. The van der Waals surface area contributed by atoms with E-state index >= 15 is 0 Å². The third kappa shape index (κ3) is 4.35. The molecule has 27 heavy (non-hydrogen) atoms. The molecular weight excluding hydrogens is 370 g/mol. The molecule has 2 heterocycles. The third-order valence-electron chi connectivity index (χ3n) is 3.80. The Balaban J connectivity index is 2.11. The van der Waals surface area contributed by atoms with Gasteiger partial charge in [0.05, 0.1) is 17.7 Å². The van der Waals surface area contributed by atoms with E-state index in [0.717, 1.165) is 0 Å². The van der Waals surface area contributed by atoms with Crippen molar-refractivity contribution in [2.45, 2.75) is 33.8 Å². The molecule has 0 saturated heterocycles. The lowest BCUT2D eigenvalue weighted by Gasteiger charge is -2.13. The Morgan fingerprint density at radius 1 is 1.33 bits per heavy atom. The van der Waals surface area contributed by atoms with E-state index < -0.39 is 23.9 Å². The number of aryl methyl sites for hydroxylation is 1. The molecule has 2 aromatic rings. The smallest absolute Gasteiger partial charge is 0.355 e. The summed E-state index contributed by atoms with van der Waals surface area (Å²) in [6.07, 6.45) is -1.09. The van der Waals surface area contributed by atoms with Crippen molar-refractivity contribution in [1.29, 1.82) is 5.26 Å². The van der Waals surface area contributed by atoms with Crippen molar-refractivity contribution >= 4 is 34.2 Å². The zero-order valence-electron chi connectivity index (χ0n) is 15.3. The number of esters is 2. The minimum Gasteiger partial charge on any atom is -0.461 e. The molecule has 0 spiro atoms. The van der Waals surface area contributed by atoms with Gasteiger partial charge in [0, 0.05) is 5.69 Å². The van der Waals surface area contributed by atoms with E-state index in [1.165, 1.54) is 18.3 Å². The summed E-state index contributed by atoms with van der Waals surface area (Å²) in [6, 6.07) is 3.55. The van der Waals surface area contributed by atoms with Gasteiger partial charge in [0.25, 0.3) is 5.91 Å². The maximum atomic E-state index is 12.5. The van der Waals surface area contributed by atoms with Gasteiger partial charge in [-0.3, -0.25) is 4.79 Å². The molecule has 0 aliphatic heterocycles. The fraction of sp³-hybridized carbons (Fsp3) is 0.333. The fourth-order valence-electron chi connectivity index (χ4n) is 2.44. The Bertz CT molecular complexity index is 922. The molecule has 0 fully saturated rings. The Labute approximate surface area is 160 Å². The maximum absolute atomic E-state index is 12.5. The number of carbonyl (C=O) groups is 3. The average Bonchev–Trinajstić information content (AvgIpc) is 3.18. The van der Waals surface area contributed by atoms with Crippen molar-refractivity contribution < 1.29 is 23.9 Å². The van der Waals surface area contributed by atoms with Crippen LogP contribution in [-0.2, 0) is 14.3 Å². The molecule has 0 aromatic carbocycles. The Morgan fingerprint density at radius 2 is 2.04 bits per heavy atom. The normalized spacial score (nSPS) is 11.4. The van der Waals surface area contributed by atoms with Gasteiger partial charge < -0.3 is 19.8 Å². The second kappa shape index (κ2) is 8.51. The molecule has 0 aliphatic carbocycles. The summed E-state index contributed by atoms with van der Waals surface area (Å²) >= 11 is 1.20. The van der Waals surface area contributed by atoms with Crippen LogP contribution in [0.5, 0.6) is 0 Å². The van der Waals surface area contributed by atoms with E-state index in [9.17, 15) is 14.4 Å². The molecule has 142 valence electrons. The Morgan fingerprint density at radius 3 is 2.67 bits per heavy atom. The van der Waals surface area contributed by atoms with Crippen LogP contribution in [0.3, 0.4) is 0 Å². The number of ether oxygens (including phenoxy) is 2. The number of anilines is 1. The number of nitriles is 1. The monoisotopic (exact) mass is 389 g/mol. The second-order valence-electron chi connectivity index (χ2n) is 5.66. The zero-order valence-corrected chi connectivity index (χ0v) is 16.2. The predicted octanol–water partition coefficient (Wildman–Crippen LogP) is 2.93. The number of carbonyl (C=O) groups excluding carboxylic acids is 3. The lowest BCUT2D eigenvalue weighted by Crippen LogP contribution is -2.30. The Hall–Kier alpha value is -3.12. The first-order valence-electron chi connectivity index (χ1n) is 8.15. The van der Waals surface area contributed by atoms with Crippen molar-refractivity contribution in [2.24, 2.45) is 0 Å². The summed E-state index contributed by atoms with van der Waals surface area (Å²) in [4.78, 5) is 39.5. The highest BCUT2D eigenvalue weighted by Crippen LogP contribution is 2.23. The topological polar surface area (TPSA) is 121 Å². The molecule has 2 aromatic heterocycles. The Kier molecular flexibility index (Phi) is 6.36. The zero-order chi connectivity index (χ0) is 20.1. The summed E-state index contributed by atoms with van der Waals surface area (Å²) in [5, 5.41) is 13.6. The van der Waals surface area contributed by atoms with Crippen LogP contribution >= 0.6 is 11.3 Å². The summed E-state index contributed by atoms with van der Waals surface area (Å²) in [5.74, 6) is -1.85. The fourth-order valence-corrected chi connectivity index (χ4v) is 3.18. The summed E-state index contributed by atoms with van der Waals surface area (Å²) in [7, 11) is 0. The highest BCUT2D eigenvalue weighted by Gasteiger charge is 2.27. The number of aromatic nitrogens is 1. The van der Waals surface area contributed by atoms with Crippen LogP contribution in [0, 0.1) is 25.2 Å². The van der Waals surface area contributed by atoms with Crippen molar-refractivity contribution in [2.75, 3.05) is 11.9 Å². The first-order valence-corrected chi connectivity index (χ1v) is 9.03. The van der Waals surface area contributed by atoms with E-state index in [0.29, 0.717) is 21.8 Å². The molecule has 8 nitrogen and oxygen atoms in total. The van der Waals surface area contributed by atoms with Crippen LogP contribution in [0.1, 0.15) is 51.5 Å². The first kappa shape index (κ1) is 20.2. The lowest BCUT2D eigenvalue weighted by molar-refractivity contribution is -0.123. The number of nitrogens with zero attached hydrogens (tertiary/aromatic N) is 1. The number of aromatic amines is 1. The summed E-state index contributed by atoms with van der Waals surface area (Å²) in [5.41, 5.74) is 1.54. The number of amides is 1. The largest absolute Gasteiger partial charge is 0.461 e. The number of rotatable bonds is 6. The van der Waals surface area contributed by atoms with Gasteiger partial charge >= 0.3 is 11.9 Å². The van der Waals surface area contributed by atoms with Crippen LogP contribution in [0.2, 0.25) is 0 Å². The maximum Gasteiger partial charge on any atom is 0.355 e. The molecule has 0 saturated carbocycles. The average molecular weight is 389 g/mol. The van der Waals surface area contributed by atoms with Crippen molar-refractivity contribution in [3.63, 3.8) is 0 Å². The van der Waals surface area contributed by atoms with Crippen LogP contribution in [-0.4, -0.2) is 35.5 Å². The number of thiophene rings is 1. The van der Waals surface area contributed by atoms with Crippen LogP contribution in [0.4, 0.5) is 5.00 Å². The van der Waals surface area contributed by atoms with Gasteiger partial charge in [0.1, 0.15) is 16.8 Å². The molecule has 0 radical (unpaired) electrons. The van der Waals surface area contributed by atoms with Crippen LogP contribution < -0.4 is 5.32 Å². The molecule has 0 unspecified atom stereocenters. The van der Waals surface area contributed by atoms with Gasteiger partial charge in [0.2, 0.25) is 0 Å². The SMILES string of the molecule is CCOC(=O)c1[nH]c(C)c(C(=O)O[C@@H](C)C(=O)Nc2sccc2C#N)c1C. The molecule has 1 atom stereocenters. The van der Waals surface area contributed by atoms with Gasteiger partial charge in [-0.05, 0) is 44.7 Å². The number of hydrogen-bond acceptors (Lipinski definition) is 7. The molecule has 2 rings (SSSR count). The molecule has 1 amide bonds. The first-order chi connectivity index (χ1) is 12.8. The third-order valence-corrected chi connectivity index (χ3v) is 4.63. The second-order valence-corrected chi connectivity index (χ2v) is 6.57.